The van der Waals surface area contributed by atoms with Gasteiger partial charge in [0.15, 0.2) is 5.96 Å². The molecule has 1 saturated heterocycles. The molecule has 0 N–H and O–H groups in total. The number of guanidine groups is 1. The van der Waals surface area contributed by atoms with Crippen LogP contribution in [0.2, 0.25) is 0 Å². The maximum Gasteiger partial charge on any atom is 0.195 e. The normalized spacial score (nSPS) is 20.6. The maximum atomic E-state index is 5.67. The van der Waals surface area contributed by atoms with Crippen LogP contribution in [0.4, 0.5) is 0 Å². The largest absolute Gasteiger partial charge is 0.376 e. The summed E-state index contributed by atoms with van der Waals surface area (Å²) in [6.45, 7) is 6.99. The first-order valence-electron chi connectivity index (χ1n) is 6.77. The van der Waals surface area contributed by atoms with Crippen LogP contribution in [0.15, 0.2) is 4.99 Å². The van der Waals surface area contributed by atoms with E-state index in [9.17, 15) is 0 Å². The van der Waals surface area contributed by atoms with Gasteiger partial charge in [0.25, 0.3) is 0 Å². The van der Waals surface area contributed by atoms with Gasteiger partial charge in [-0.2, -0.15) is 0 Å². The topological polar surface area (TPSA) is 31.3 Å². The molecule has 0 aromatic heterocycles. The summed E-state index contributed by atoms with van der Waals surface area (Å²) in [5.74, 6) is 1.02. The number of hydrogen-bond acceptors (Lipinski definition) is 3. The highest BCUT2D eigenvalue weighted by molar-refractivity contribution is 5.79. The Kier molecular flexibility index (Phi) is 6.43. The third kappa shape index (κ3) is 4.82. The van der Waals surface area contributed by atoms with E-state index in [1.54, 1.807) is 0 Å². The molecule has 0 spiro atoms. The minimum absolute atomic E-state index is 0.407. The molecule has 0 bridgehead atoms. The molecule has 106 valence electrons. The second kappa shape index (κ2) is 7.59. The molecule has 0 aromatic rings. The van der Waals surface area contributed by atoms with Gasteiger partial charge in [-0.1, -0.05) is 6.92 Å². The van der Waals surface area contributed by atoms with Gasteiger partial charge < -0.3 is 14.5 Å². The van der Waals surface area contributed by atoms with E-state index >= 15 is 0 Å². The van der Waals surface area contributed by atoms with E-state index in [0.717, 1.165) is 45.2 Å². The van der Waals surface area contributed by atoms with Gasteiger partial charge in [0.1, 0.15) is 0 Å². The molecule has 1 unspecified atom stereocenters. The summed E-state index contributed by atoms with van der Waals surface area (Å²) in [7, 11) is 8.11. The van der Waals surface area contributed by atoms with Crippen LogP contribution in [0, 0.1) is 0 Å². The molecular formula is C13H28N4O. The van der Waals surface area contributed by atoms with Gasteiger partial charge in [0.2, 0.25) is 0 Å². The predicted molar refractivity (Wildman–Crippen MR) is 76.1 cm³/mol. The van der Waals surface area contributed by atoms with E-state index in [0.29, 0.717) is 6.10 Å². The number of morpholine rings is 1. The Morgan fingerprint density at radius 1 is 1.28 bits per heavy atom. The second-order valence-corrected chi connectivity index (χ2v) is 5.17. The summed E-state index contributed by atoms with van der Waals surface area (Å²) in [6.07, 6.45) is 1.50. The molecule has 1 aliphatic rings. The van der Waals surface area contributed by atoms with E-state index in [1.165, 1.54) is 0 Å². The predicted octanol–water partition coefficient (Wildman–Crippen LogP) is 0.576. The molecule has 1 atom stereocenters. The SMILES string of the molecule is CCC1CN(CCN=C(N(C)C)N(C)C)CCO1. The van der Waals surface area contributed by atoms with Crippen molar-refractivity contribution < 1.29 is 4.74 Å². The summed E-state index contributed by atoms with van der Waals surface area (Å²) in [4.78, 5) is 11.2. The zero-order valence-corrected chi connectivity index (χ0v) is 12.5. The monoisotopic (exact) mass is 256 g/mol. The molecule has 1 aliphatic heterocycles. The van der Waals surface area contributed by atoms with Gasteiger partial charge in [-0.05, 0) is 6.42 Å². The Labute approximate surface area is 111 Å². The van der Waals surface area contributed by atoms with Crippen LogP contribution in [0.1, 0.15) is 13.3 Å². The molecule has 1 rings (SSSR count). The first-order chi connectivity index (χ1) is 8.54. The fourth-order valence-electron chi connectivity index (χ4n) is 2.20. The van der Waals surface area contributed by atoms with Crippen LogP contribution in [-0.4, -0.2) is 87.7 Å². The number of ether oxygens (including phenoxy) is 1. The first kappa shape index (κ1) is 15.2. The lowest BCUT2D eigenvalue weighted by Crippen LogP contribution is -2.43. The average molecular weight is 256 g/mol. The van der Waals surface area contributed by atoms with Crippen LogP contribution >= 0.6 is 0 Å². The Balaban J connectivity index is 2.37. The van der Waals surface area contributed by atoms with Crippen LogP contribution in [0.25, 0.3) is 0 Å². The van der Waals surface area contributed by atoms with Crippen molar-refractivity contribution in [2.24, 2.45) is 4.99 Å². The summed E-state index contributed by atoms with van der Waals surface area (Å²) in [6, 6.07) is 0. The fraction of sp³-hybridized carbons (Fsp3) is 0.923. The molecule has 0 aromatic carbocycles. The third-order valence-corrected chi connectivity index (χ3v) is 3.15. The summed E-state index contributed by atoms with van der Waals surface area (Å²) >= 11 is 0. The molecule has 0 amide bonds. The fourth-order valence-corrected chi connectivity index (χ4v) is 2.20. The van der Waals surface area contributed by atoms with E-state index in [-0.39, 0.29) is 0 Å². The van der Waals surface area contributed by atoms with Crippen molar-refractivity contribution in [3.63, 3.8) is 0 Å². The molecule has 5 heteroatoms. The molecule has 0 saturated carbocycles. The molecular weight excluding hydrogens is 228 g/mol. The number of rotatable bonds is 4. The quantitative estimate of drug-likeness (QED) is 0.544. The zero-order chi connectivity index (χ0) is 13.5. The van der Waals surface area contributed by atoms with Crippen LogP contribution in [0.5, 0.6) is 0 Å². The minimum Gasteiger partial charge on any atom is -0.376 e. The summed E-state index contributed by atoms with van der Waals surface area (Å²) in [5.41, 5.74) is 0. The van der Waals surface area contributed by atoms with Crippen molar-refractivity contribution in [2.45, 2.75) is 19.4 Å². The average Bonchev–Trinajstić information content (AvgIpc) is 2.34. The summed E-state index contributed by atoms with van der Waals surface area (Å²) < 4.78 is 5.67. The highest BCUT2D eigenvalue weighted by Gasteiger charge is 2.18. The van der Waals surface area contributed by atoms with Gasteiger partial charge >= 0.3 is 0 Å². The molecule has 1 fully saturated rings. The van der Waals surface area contributed by atoms with Gasteiger partial charge in [-0.15, -0.1) is 0 Å². The molecule has 0 aliphatic carbocycles. The van der Waals surface area contributed by atoms with Gasteiger partial charge in [-0.3, -0.25) is 9.89 Å². The van der Waals surface area contributed by atoms with Gasteiger partial charge in [0, 0.05) is 47.8 Å². The van der Waals surface area contributed by atoms with Crippen molar-refractivity contribution in [3.8, 4) is 0 Å². The van der Waals surface area contributed by atoms with E-state index in [4.69, 9.17) is 4.74 Å². The molecule has 18 heavy (non-hydrogen) atoms. The Bertz CT molecular complexity index is 256. The lowest BCUT2D eigenvalue weighted by Gasteiger charge is -2.32. The maximum absolute atomic E-state index is 5.67. The van der Waals surface area contributed by atoms with Crippen molar-refractivity contribution in [1.82, 2.24) is 14.7 Å². The Morgan fingerprint density at radius 2 is 1.94 bits per heavy atom. The Morgan fingerprint density at radius 3 is 2.50 bits per heavy atom. The van der Waals surface area contributed by atoms with E-state index < -0.39 is 0 Å². The van der Waals surface area contributed by atoms with Crippen molar-refractivity contribution in [1.29, 1.82) is 0 Å². The van der Waals surface area contributed by atoms with E-state index in [2.05, 4.69) is 16.8 Å². The van der Waals surface area contributed by atoms with Crippen molar-refractivity contribution in [2.75, 3.05) is 61.0 Å². The van der Waals surface area contributed by atoms with E-state index in [1.807, 2.05) is 38.0 Å². The second-order valence-electron chi connectivity index (χ2n) is 5.17. The Hall–Kier alpha value is -0.810. The lowest BCUT2D eigenvalue weighted by atomic mass is 10.2. The molecule has 5 nitrogen and oxygen atoms in total. The number of hydrogen-bond donors (Lipinski definition) is 0. The van der Waals surface area contributed by atoms with Crippen molar-refractivity contribution in [3.05, 3.63) is 0 Å². The van der Waals surface area contributed by atoms with Crippen LogP contribution in [0.3, 0.4) is 0 Å². The molecule has 1 heterocycles. The number of aliphatic imine (C=N–C) groups is 1. The third-order valence-electron chi connectivity index (χ3n) is 3.15. The zero-order valence-electron chi connectivity index (χ0n) is 12.5. The standard InChI is InChI=1S/C13H28N4O/c1-6-12-11-17(9-10-18-12)8-7-14-13(15(2)3)16(4)5/h12H,6-11H2,1-5H3. The minimum atomic E-state index is 0.407. The van der Waals surface area contributed by atoms with Crippen LogP contribution < -0.4 is 0 Å². The smallest absolute Gasteiger partial charge is 0.195 e. The highest BCUT2D eigenvalue weighted by Crippen LogP contribution is 2.07. The van der Waals surface area contributed by atoms with Crippen molar-refractivity contribution >= 4 is 5.96 Å². The number of nitrogens with zero attached hydrogens (tertiary/aromatic N) is 4. The first-order valence-corrected chi connectivity index (χ1v) is 6.77. The lowest BCUT2D eigenvalue weighted by molar-refractivity contribution is -0.0284. The van der Waals surface area contributed by atoms with Gasteiger partial charge in [0.05, 0.1) is 19.3 Å². The highest BCUT2D eigenvalue weighted by atomic mass is 16.5. The summed E-state index contributed by atoms with van der Waals surface area (Å²) in [5, 5.41) is 0. The van der Waals surface area contributed by atoms with Crippen LogP contribution in [-0.2, 0) is 4.74 Å². The van der Waals surface area contributed by atoms with Gasteiger partial charge in [-0.25, -0.2) is 0 Å². The molecule has 0 radical (unpaired) electrons.